The highest BCUT2D eigenvalue weighted by Crippen LogP contribution is 2.12. The van der Waals surface area contributed by atoms with E-state index in [4.69, 9.17) is 0 Å². The first-order chi connectivity index (χ1) is 12.1. The van der Waals surface area contributed by atoms with Gasteiger partial charge < -0.3 is 16.0 Å². The fourth-order valence-electron chi connectivity index (χ4n) is 2.06. The van der Waals surface area contributed by atoms with Crippen LogP contribution in [0.25, 0.3) is 0 Å². The molecule has 3 amide bonds. The minimum atomic E-state index is -0.393. The molecule has 0 fully saturated rings. The predicted octanol–water partition coefficient (Wildman–Crippen LogP) is 3.17. The Labute approximate surface area is 152 Å². The van der Waals surface area contributed by atoms with E-state index < -0.39 is 6.03 Å². The average molecular weight is 357 g/mol. The van der Waals surface area contributed by atoms with Gasteiger partial charge in [0.1, 0.15) is 0 Å². The Morgan fingerprint density at radius 1 is 0.960 bits per heavy atom. The molecule has 2 rings (SSSR count). The maximum atomic E-state index is 11.7. The summed E-state index contributed by atoms with van der Waals surface area (Å²) in [6, 6.07) is 17.1. The summed E-state index contributed by atoms with van der Waals surface area (Å²) in [4.78, 5) is 23.4. The molecule has 0 aliphatic rings. The highest BCUT2D eigenvalue weighted by Gasteiger charge is 2.05. The van der Waals surface area contributed by atoms with Crippen LogP contribution >= 0.6 is 11.8 Å². The van der Waals surface area contributed by atoms with Crippen LogP contribution in [0.3, 0.4) is 0 Å². The van der Waals surface area contributed by atoms with E-state index in [0.717, 1.165) is 11.5 Å². The zero-order chi connectivity index (χ0) is 17.9. The Bertz CT molecular complexity index is 675. The molecule has 0 bridgehead atoms. The van der Waals surface area contributed by atoms with E-state index in [1.54, 1.807) is 23.9 Å². The van der Waals surface area contributed by atoms with E-state index in [1.807, 2.05) is 18.2 Å². The van der Waals surface area contributed by atoms with Gasteiger partial charge in [-0.05, 0) is 24.6 Å². The van der Waals surface area contributed by atoms with Gasteiger partial charge in [-0.1, -0.05) is 48.0 Å². The van der Waals surface area contributed by atoms with Crippen molar-refractivity contribution in [1.82, 2.24) is 10.6 Å². The number of amides is 3. The van der Waals surface area contributed by atoms with E-state index in [-0.39, 0.29) is 12.5 Å². The molecule has 0 saturated heterocycles. The molecule has 0 unspecified atom stereocenters. The quantitative estimate of drug-likeness (QED) is 0.636. The molecule has 0 aliphatic carbocycles. The van der Waals surface area contributed by atoms with Gasteiger partial charge in [0.25, 0.3) is 0 Å². The summed E-state index contributed by atoms with van der Waals surface area (Å²) < 4.78 is 0. The van der Waals surface area contributed by atoms with Crippen LogP contribution in [0.1, 0.15) is 11.1 Å². The van der Waals surface area contributed by atoms with Crippen LogP contribution in [-0.2, 0) is 10.5 Å². The number of hydrogen-bond acceptors (Lipinski definition) is 3. The van der Waals surface area contributed by atoms with Crippen LogP contribution in [0, 0.1) is 6.92 Å². The largest absolute Gasteiger partial charge is 0.354 e. The van der Waals surface area contributed by atoms with Gasteiger partial charge in [-0.2, -0.15) is 11.8 Å². The lowest BCUT2D eigenvalue weighted by Crippen LogP contribution is -2.39. The topological polar surface area (TPSA) is 70.2 Å². The number of anilines is 1. The van der Waals surface area contributed by atoms with E-state index in [2.05, 4.69) is 47.1 Å². The molecule has 0 spiro atoms. The summed E-state index contributed by atoms with van der Waals surface area (Å²) in [5.41, 5.74) is 3.22. The van der Waals surface area contributed by atoms with E-state index in [9.17, 15) is 9.59 Å². The Morgan fingerprint density at radius 3 is 2.40 bits per heavy atom. The van der Waals surface area contributed by atoms with Crippen molar-refractivity contribution in [2.45, 2.75) is 12.7 Å². The summed E-state index contributed by atoms with van der Waals surface area (Å²) in [5, 5.41) is 7.99. The number of benzene rings is 2. The summed E-state index contributed by atoms with van der Waals surface area (Å²) in [6.45, 7) is 2.61. The number of thioether (sulfide) groups is 1. The molecule has 0 aliphatic heterocycles. The molecular weight excluding hydrogens is 334 g/mol. The number of carbonyl (C=O) groups is 2. The van der Waals surface area contributed by atoms with Crippen molar-refractivity contribution in [3.63, 3.8) is 0 Å². The maximum Gasteiger partial charge on any atom is 0.319 e. The summed E-state index contributed by atoms with van der Waals surface area (Å²) in [6.07, 6.45) is 0. The van der Waals surface area contributed by atoms with Gasteiger partial charge >= 0.3 is 6.03 Å². The lowest BCUT2D eigenvalue weighted by Gasteiger charge is -2.08. The van der Waals surface area contributed by atoms with Gasteiger partial charge in [-0.15, -0.1) is 0 Å². The second-order valence-electron chi connectivity index (χ2n) is 5.56. The molecule has 6 heteroatoms. The third kappa shape index (κ3) is 7.76. The van der Waals surface area contributed by atoms with E-state index in [0.29, 0.717) is 12.2 Å². The first-order valence-electron chi connectivity index (χ1n) is 8.13. The van der Waals surface area contributed by atoms with E-state index in [1.165, 1.54) is 11.1 Å². The van der Waals surface area contributed by atoms with Crippen molar-refractivity contribution in [1.29, 1.82) is 0 Å². The lowest BCUT2D eigenvalue weighted by molar-refractivity contribution is -0.119. The zero-order valence-electron chi connectivity index (χ0n) is 14.2. The van der Waals surface area contributed by atoms with Crippen molar-refractivity contribution in [2.75, 3.05) is 24.2 Å². The number of para-hydroxylation sites is 1. The monoisotopic (exact) mass is 357 g/mol. The fourth-order valence-corrected chi connectivity index (χ4v) is 2.88. The number of aryl methyl sites for hydroxylation is 1. The zero-order valence-corrected chi connectivity index (χ0v) is 15.1. The van der Waals surface area contributed by atoms with Gasteiger partial charge in [0.15, 0.2) is 0 Å². The van der Waals surface area contributed by atoms with Crippen LogP contribution < -0.4 is 16.0 Å². The molecule has 25 heavy (non-hydrogen) atoms. The molecule has 3 N–H and O–H groups in total. The smallest absolute Gasteiger partial charge is 0.319 e. The van der Waals surface area contributed by atoms with Crippen molar-refractivity contribution in [3.8, 4) is 0 Å². The second-order valence-corrected chi connectivity index (χ2v) is 6.67. The average Bonchev–Trinajstić information content (AvgIpc) is 2.62. The van der Waals surface area contributed by atoms with Crippen LogP contribution in [0.4, 0.5) is 10.5 Å². The number of carbonyl (C=O) groups excluding carboxylic acids is 2. The first kappa shape index (κ1) is 18.9. The van der Waals surface area contributed by atoms with Crippen molar-refractivity contribution >= 4 is 29.4 Å². The molecular formula is C19H23N3O2S. The maximum absolute atomic E-state index is 11.7. The Kier molecular flexibility index (Phi) is 7.85. The number of urea groups is 1. The highest BCUT2D eigenvalue weighted by atomic mass is 32.2. The standard InChI is InChI=1S/C19H23N3O2S/c1-15-7-9-16(10-8-15)14-25-12-11-20-18(23)13-21-19(24)22-17-5-3-2-4-6-17/h2-10H,11-14H2,1H3,(H,20,23)(H2,21,22,24). The SMILES string of the molecule is Cc1ccc(CSCCNC(=O)CNC(=O)Nc2ccccc2)cc1. The van der Waals surface area contributed by atoms with Crippen molar-refractivity contribution < 1.29 is 9.59 Å². The molecule has 2 aromatic carbocycles. The van der Waals surface area contributed by atoms with Gasteiger partial charge in [0.05, 0.1) is 6.54 Å². The Hall–Kier alpha value is -2.47. The first-order valence-corrected chi connectivity index (χ1v) is 9.29. The normalized spacial score (nSPS) is 10.1. The van der Waals surface area contributed by atoms with Crippen molar-refractivity contribution in [3.05, 3.63) is 65.7 Å². The van der Waals surface area contributed by atoms with Crippen molar-refractivity contribution in [2.24, 2.45) is 0 Å². The van der Waals surface area contributed by atoms with Crippen LogP contribution in [0.15, 0.2) is 54.6 Å². The Balaban J connectivity index is 1.53. The minimum Gasteiger partial charge on any atom is -0.354 e. The second kappa shape index (κ2) is 10.4. The number of rotatable bonds is 8. The lowest BCUT2D eigenvalue weighted by atomic mass is 10.2. The molecule has 0 radical (unpaired) electrons. The van der Waals surface area contributed by atoms with Crippen LogP contribution in [0.2, 0.25) is 0 Å². The van der Waals surface area contributed by atoms with Gasteiger partial charge in [-0.25, -0.2) is 4.79 Å². The number of hydrogen-bond donors (Lipinski definition) is 3. The van der Waals surface area contributed by atoms with Gasteiger partial charge in [-0.3, -0.25) is 4.79 Å². The molecule has 2 aromatic rings. The van der Waals surface area contributed by atoms with Crippen LogP contribution in [-0.4, -0.2) is 30.8 Å². The van der Waals surface area contributed by atoms with Gasteiger partial charge in [0.2, 0.25) is 5.91 Å². The summed E-state index contributed by atoms with van der Waals surface area (Å²) in [5.74, 6) is 1.56. The third-order valence-corrected chi connectivity index (χ3v) is 4.43. The molecule has 5 nitrogen and oxygen atoms in total. The summed E-state index contributed by atoms with van der Waals surface area (Å²) >= 11 is 1.77. The predicted molar refractivity (Wildman–Crippen MR) is 104 cm³/mol. The minimum absolute atomic E-state index is 0.0404. The molecule has 0 saturated carbocycles. The van der Waals surface area contributed by atoms with Crippen LogP contribution in [0.5, 0.6) is 0 Å². The van der Waals surface area contributed by atoms with E-state index >= 15 is 0 Å². The molecule has 0 atom stereocenters. The summed E-state index contributed by atoms with van der Waals surface area (Å²) in [7, 11) is 0. The highest BCUT2D eigenvalue weighted by molar-refractivity contribution is 7.98. The molecule has 0 heterocycles. The third-order valence-electron chi connectivity index (χ3n) is 3.40. The fraction of sp³-hybridized carbons (Fsp3) is 0.263. The Morgan fingerprint density at radius 2 is 1.68 bits per heavy atom. The number of nitrogens with one attached hydrogen (secondary N) is 3. The van der Waals surface area contributed by atoms with Gasteiger partial charge in [0, 0.05) is 23.7 Å². The molecule has 0 aromatic heterocycles. The molecule has 132 valence electrons.